The minimum atomic E-state index is -0.0264. The second kappa shape index (κ2) is 12.2. The quantitative estimate of drug-likeness (QED) is 0.338. The molecule has 2 saturated carbocycles. The van der Waals surface area contributed by atoms with Gasteiger partial charge in [0, 0.05) is 42.8 Å². The number of fused-ring (bicyclic) bond motifs is 2. The molecule has 11 heteroatoms. The number of anilines is 3. The number of hydrogen-bond acceptors (Lipinski definition) is 11. The number of nitrogens with zero attached hydrogens (tertiary/aromatic N) is 6. The Hall–Kier alpha value is -4.12. The number of ether oxygens (including phenoxy) is 2. The van der Waals surface area contributed by atoms with E-state index < -0.39 is 0 Å². The third kappa shape index (κ3) is 5.72. The maximum atomic E-state index is 11.8. The monoisotopic (exact) mass is 639 g/mol. The lowest BCUT2D eigenvalue weighted by Crippen LogP contribution is -2.58. The number of rotatable bonds is 8. The predicted molar refractivity (Wildman–Crippen MR) is 179 cm³/mol. The van der Waals surface area contributed by atoms with Crippen LogP contribution < -0.4 is 20.3 Å². The van der Waals surface area contributed by atoms with E-state index in [2.05, 4.69) is 31.0 Å². The number of aromatic nitrogens is 3. The Labute approximate surface area is 276 Å². The lowest BCUT2D eigenvalue weighted by molar-refractivity contribution is -0.163. The maximum absolute atomic E-state index is 11.8. The average molecular weight is 640 g/mol. The van der Waals surface area contributed by atoms with E-state index in [-0.39, 0.29) is 17.6 Å². The lowest BCUT2D eigenvalue weighted by Gasteiger charge is -2.60. The highest BCUT2D eigenvalue weighted by Gasteiger charge is 2.56. The molecule has 2 atom stereocenters. The summed E-state index contributed by atoms with van der Waals surface area (Å²) in [5.41, 5.74) is 10.0. The summed E-state index contributed by atoms with van der Waals surface area (Å²) in [6.45, 7) is 4.64. The van der Waals surface area contributed by atoms with E-state index in [0.717, 1.165) is 76.1 Å². The van der Waals surface area contributed by atoms with Crippen molar-refractivity contribution in [1.29, 1.82) is 0 Å². The van der Waals surface area contributed by atoms with Gasteiger partial charge in [-0.15, -0.1) is 10.2 Å². The summed E-state index contributed by atoms with van der Waals surface area (Å²) in [6, 6.07) is 14.7. The van der Waals surface area contributed by atoms with Crippen molar-refractivity contribution in [2.24, 2.45) is 17.3 Å². The van der Waals surface area contributed by atoms with Crippen molar-refractivity contribution < 1.29 is 19.4 Å². The van der Waals surface area contributed by atoms with E-state index in [0.29, 0.717) is 59.0 Å². The van der Waals surface area contributed by atoms with Crippen LogP contribution in [-0.4, -0.2) is 89.2 Å². The summed E-state index contributed by atoms with van der Waals surface area (Å²) in [6.07, 6.45) is 11.0. The minimum Gasteiger partial charge on any atom is -0.507 e. The first kappa shape index (κ1) is 30.2. The van der Waals surface area contributed by atoms with E-state index >= 15 is 0 Å². The van der Waals surface area contributed by atoms with Crippen LogP contribution in [0.4, 0.5) is 17.2 Å². The second-order valence-electron chi connectivity index (χ2n) is 14.5. The van der Waals surface area contributed by atoms with E-state index in [1.54, 1.807) is 12.1 Å². The van der Waals surface area contributed by atoms with Crippen molar-refractivity contribution in [1.82, 2.24) is 20.1 Å². The first-order chi connectivity index (χ1) is 22.9. The number of carbonyl (C=O) groups excluding carboxylic acids is 1. The Balaban J connectivity index is 0.818. The number of hydrogen-bond donors (Lipinski definition) is 2. The highest BCUT2D eigenvalue weighted by molar-refractivity contribution is 5.75. The van der Waals surface area contributed by atoms with E-state index in [9.17, 15) is 9.90 Å². The number of benzene rings is 1. The molecule has 1 spiro atoms. The molecule has 47 heavy (non-hydrogen) atoms. The van der Waals surface area contributed by atoms with Crippen molar-refractivity contribution in [2.75, 3.05) is 55.4 Å². The summed E-state index contributed by atoms with van der Waals surface area (Å²) in [5, 5.41) is 18.9. The lowest BCUT2D eigenvalue weighted by atomic mass is 9.49. The molecule has 3 saturated heterocycles. The Morgan fingerprint density at radius 1 is 0.979 bits per heavy atom. The highest BCUT2D eigenvalue weighted by atomic mass is 16.5. The van der Waals surface area contributed by atoms with Gasteiger partial charge in [0.2, 0.25) is 5.88 Å². The van der Waals surface area contributed by atoms with Gasteiger partial charge in [0.05, 0.1) is 42.9 Å². The molecule has 0 amide bonds. The molecular formula is C36H45N7O4. The molecule has 3 aliphatic heterocycles. The van der Waals surface area contributed by atoms with Gasteiger partial charge in [0.15, 0.2) is 5.82 Å². The number of phenols is 1. The Bertz CT molecular complexity index is 1580. The number of pyridine rings is 1. The summed E-state index contributed by atoms with van der Waals surface area (Å²) in [4.78, 5) is 24.0. The van der Waals surface area contributed by atoms with Crippen LogP contribution in [0, 0.1) is 17.3 Å². The summed E-state index contributed by atoms with van der Waals surface area (Å²) in [7, 11) is 1.50. The molecule has 1 aromatic carbocycles. The largest absolute Gasteiger partial charge is 0.507 e. The molecule has 2 aromatic heterocycles. The SMILES string of the molecule is COC(=O)C1CC2(C1)CC(N1CCC(COc3ccc(N4C5CCC4CN(c4cc(-c6ccccc6O)nnc4N)C5)cn3)CC1)C2. The van der Waals surface area contributed by atoms with Crippen molar-refractivity contribution in [2.45, 2.75) is 69.5 Å². The van der Waals surface area contributed by atoms with Crippen LogP contribution in [0.15, 0.2) is 48.7 Å². The van der Waals surface area contributed by atoms with Gasteiger partial charge >= 0.3 is 5.97 Å². The number of carbonyl (C=O) groups is 1. The Morgan fingerprint density at radius 3 is 2.40 bits per heavy atom. The van der Waals surface area contributed by atoms with Crippen LogP contribution in [0.2, 0.25) is 0 Å². The fraction of sp³-hybridized carbons (Fsp3) is 0.556. The first-order valence-corrected chi connectivity index (χ1v) is 17.2. The standard InChI is InChI=1S/C36H45N7O4/c1-46-35(45)24-15-36(16-24)17-28(18-36)41-12-10-23(11-13-41)22-47-33-9-8-25(19-38-33)43-26-6-7-27(43)21-42(20-26)31-14-30(39-40-34(31)37)29-4-2-3-5-32(29)44/h2-5,8-9,14,19,23-24,26-28,44H,6-7,10-13,15-18,20-22H2,1H3,(H2,37,40). The van der Waals surface area contributed by atoms with Gasteiger partial charge in [-0.3, -0.25) is 4.79 Å². The Morgan fingerprint density at radius 2 is 1.72 bits per heavy atom. The van der Waals surface area contributed by atoms with Gasteiger partial charge in [-0.05, 0) is 100 Å². The number of methoxy groups -OCH3 is 1. The van der Waals surface area contributed by atoms with Gasteiger partial charge in [-0.1, -0.05) is 12.1 Å². The third-order valence-electron chi connectivity index (χ3n) is 11.7. The number of piperidine rings is 1. The zero-order valence-corrected chi connectivity index (χ0v) is 27.1. The van der Waals surface area contributed by atoms with Gasteiger partial charge < -0.3 is 35.0 Å². The minimum absolute atomic E-state index is 0.0264. The molecule has 0 radical (unpaired) electrons. The van der Waals surface area contributed by atoms with Gasteiger partial charge in [0.1, 0.15) is 5.75 Å². The first-order valence-electron chi connectivity index (χ1n) is 17.2. The molecule has 248 valence electrons. The average Bonchev–Trinajstić information content (AvgIpc) is 3.32. The molecule has 5 heterocycles. The van der Waals surface area contributed by atoms with Gasteiger partial charge in [-0.25, -0.2) is 4.98 Å². The summed E-state index contributed by atoms with van der Waals surface area (Å²) in [5.74, 6) is 1.94. The van der Waals surface area contributed by atoms with Crippen molar-refractivity contribution in [3.8, 4) is 22.9 Å². The van der Waals surface area contributed by atoms with E-state index in [4.69, 9.17) is 20.2 Å². The van der Waals surface area contributed by atoms with Crippen LogP contribution in [0.1, 0.15) is 51.4 Å². The Kier molecular flexibility index (Phi) is 7.82. The maximum Gasteiger partial charge on any atom is 0.308 e. The number of para-hydroxylation sites is 1. The molecule has 5 aliphatic rings. The zero-order valence-electron chi connectivity index (χ0n) is 27.1. The number of nitrogen functional groups attached to an aromatic ring is 1. The fourth-order valence-corrected chi connectivity index (χ4v) is 9.14. The molecule has 2 aliphatic carbocycles. The number of phenolic OH excluding ortho intramolecular Hbond substituents is 1. The van der Waals surface area contributed by atoms with Crippen LogP contribution >= 0.6 is 0 Å². The molecular weight excluding hydrogens is 594 g/mol. The van der Waals surface area contributed by atoms with Gasteiger partial charge in [-0.2, -0.15) is 0 Å². The number of piperazine rings is 1. The summed E-state index contributed by atoms with van der Waals surface area (Å²) < 4.78 is 11.1. The topological polar surface area (TPSA) is 130 Å². The van der Waals surface area contributed by atoms with Crippen molar-refractivity contribution in [3.05, 3.63) is 48.7 Å². The number of nitrogens with two attached hydrogens (primary N) is 1. The molecule has 2 unspecified atom stereocenters. The van der Waals surface area contributed by atoms with Crippen LogP contribution in [0.5, 0.6) is 11.6 Å². The predicted octanol–water partition coefficient (Wildman–Crippen LogP) is 4.51. The molecule has 3 aromatic rings. The molecule has 11 nitrogen and oxygen atoms in total. The second-order valence-corrected chi connectivity index (χ2v) is 14.5. The molecule has 3 N–H and O–H groups in total. The molecule has 8 rings (SSSR count). The number of likely N-dealkylation sites (tertiary alicyclic amines) is 1. The third-order valence-corrected chi connectivity index (χ3v) is 11.7. The van der Waals surface area contributed by atoms with Crippen LogP contribution in [0.25, 0.3) is 11.3 Å². The highest BCUT2D eigenvalue weighted by Crippen LogP contribution is 2.60. The van der Waals surface area contributed by atoms with Crippen LogP contribution in [0.3, 0.4) is 0 Å². The normalized spacial score (nSPS) is 29.0. The zero-order chi connectivity index (χ0) is 32.1. The van der Waals surface area contributed by atoms with Crippen molar-refractivity contribution in [3.63, 3.8) is 0 Å². The van der Waals surface area contributed by atoms with Crippen molar-refractivity contribution >= 4 is 23.2 Å². The summed E-state index contributed by atoms with van der Waals surface area (Å²) >= 11 is 0. The number of esters is 1. The van der Waals surface area contributed by atoms with E-state index in [1.165, 1.54) is 20.0 Å². The molecule has 2 bridgehead atoms. The van der Waals surface area contributed by atoms with Crippen LogP contribution in [-0.2, 0) is 9.53 Å². The van der Waals surface area contributed by atoms with Gasteiger partial charge in [0.25, 0.3) is 0 Å². The fourth-order valence-electron chi connectivity index (χ4n) is 9.14. The molecule has 5 fully saturated rings. The smallest absolute Gasteiger partial charge is 0.308 e. The number of aromatic hydroxyl groups is 1. The van der Waals surface area contributed by atoms with E-state index in [1.807, 2.05) is 30.5 Å².